The highest BCUT2D eigenvalue weighted by molar-refractivity contribution is 6.30. The largest absolute Gasteiger partial charge is 0.465 e. The third kappa shape index (κ3) is 4.24. The lowest BCUT2D eigenvalue weighted by Gasteiger charge is -2.12. The number of aryl methyl sites for hydroxylation is 2. The van der Waals surface area contributed by atoms with Crippen molar-refractivity contribution in [3.63, 3.8) is 0 Å². The maximum Gasteiger partial charge on any atom is 0.323 e. The van der Waals surface area contributed by atoms with Crippen LogP contribution in [-0.2, 0) is 23.0 Å². The lowest BCUT2D eigenvalue weighted by molar-refractivity contribution is -0.144. The molecule has 0 spiro atoms. The quantitative estimate of drug-likeness (QED) is 0.820. The molecule has 1 aromatic carbocycles. The molecule has 1 unspecified atom stereocenters. The van der Waals surface area contributed by atoms with Crippen LogP contribution in [0.2, 0.25) is 5.02 Å². The Kier molecular flexibility index (Phi) is 5.63. The van der Waals surface area contributed by atoms with Gasteiger partial charge in [0.25, 0.3) is 0 Å². The Morgan fingerprint density at radius 3 is 2.65 bits per heavy atom. The van der Waals surface area contributed by atoms with Crippen LogP contribution in [0.25, 0.3) is 0 Å². The molecule has 0 aliphatic rings. The molecule has 0 bridgehead atoms. The third-order valence-electron chi connectivity index (χ3n) is 3.33. The van der Waals surface area contributed by atoms with Gasteiger partial charge in [0, 0.05) is 24.1 Å². The molecule has 23 heavy (non-hydrogen) atoms. The zero-order chi connectivity index (χ0) is 17.0. The fraction of sp³-hybridized carbons (Fsp3) is 0.375. The maximum absolute atomic E-state index is 11.7. The van der Waals surface area contributed by atoms with E-state index in [-0.39, 0.29) is 0 Å². The number of esters is 1. The lowest BCUT2D eigenvalue weighted by atomic mass is 10.1. The Balaban J connectivity index is 2.23. The minimum atomic E-state index is -0.759. The first-order valence-corrected chi connectivity index (χ1v) is 7.68. The second-order valence-electron chi connectivity index (χ2n) is 5.11. The van der Waals surface area contributed by atoms with E-state index in [0.717, 1.165) is 11.3 Å². The molecule has 0 saturated carbocycles. The van der Waals surface area contributed by atoms with Gasteiger partial charge >= 0.3 is 5.97 Å². The van der Waals surface area contributed by atoms with Crippen LogP contribution in [0.15, 0.2) is 24.3 Å². The number of hydrogen-bond donors (Lipinski definition) is 1. The Morgan fingerprint density at radius 1 is 1.39 bits per heavy atom. The first kappa shape index (κ1) is 17.3. The number of ether oxygens (including phenoxy) is 2. The van der Waals surface area contributed by atoms with E-state index in [1.54, 1.807) is 42.9 Å². The van der Waals surface area contributed by atoms with Gasteiger partial charge in [0.15, 0.2) is 0 Å². The summed E-state index contributed by atoms with van der Waals surface area (Å²) in [5, 5.41) is 4.97. The van der Waals surface area contributed by atoms with Gasteiger partial charge in [-0.2, -0.15) is 5.10 Å². The second kappa shape index (κ2) is 7.48. The van der Waals surface area contributed by atoms with Gasteiger partial charge in [0.05, 0.1) is 12.3 Å². The number of nitrogens with two attached hydrogens (primary N) is 1. The number of halogens is 1. The second-order valence-corrected chi connectivity index (χ2v) is 5.55. The van der Waals surface area contributed by atoms with E-state index in [2.05, 4.69) is 5.10 Å². The molecule has 124 valence electrons. The molecule has 7 heteroatoms. The Morgan fingerprint density at radius 2 is 2.04 bits per heavy atom. The van der Waals surface area contributed by atoms with Crippen LogP contribution in [0.4, 0.5) is 0 Å². The van der Waals surface area contributed by atoms with E-state index in [0.29, 0.717) is 29.7 Å². The van der Waals surface area contributed by atoms with Crippen LogP contribution < -0.4 is 10.5 Å². The molecule has 1 aromatic heterocycles. The van der Waals surface area contributed by atoms with Crippen molar-refractivity contribution >= 4 is 17.6 Å². The monoisotopic (exact) mass is 337 g/mol. The molecule has 2 rings (SSSR count). The molecular weight excluding hydrogens is 318 g/mol. The Labute approximate surface area is 140 Å². The Hall–Kier alpha value is -2.05. The number of nitrogens with zero attached hydrogens (tertiary/aromatic N) is 2. The van der Waals surface area contributed by atoms with E-state index in [4.69, 9.17) is 26.8 Å². The normalized spacial score (nSPS) is 12.0. The molecule has 6 nitrogen and oxygen atoms in total. The molecule has 0 amide bonds. The minimum absolute atomic E-state index is 0.293. The molecule has 0 aliphatic heterocycles. The van der Waals surface area contributed by atoms with Crippen LogP contribution in [0.5, 0.6) is 11.6 Å². The van der Waals surface area contributed by atoms with Gasteiger partial charge in [-0.3, -0.25) is 4.79 Å². The first-order valence-electron chi connectivity index (χ1n) is 7.30. The number of aromatic nitrogens is 2. The summed E-state index contributed by atoms with van der Waals surface area (Å²) < 4.78 is 12.5. The van der Waals surface area contributed by atoms with E-state index < -0.39 is 12.0 Å². The Bertz CT molecular complexity index is 683. The smallest absolute Gasteiger partial charge is 0.323 e. The molecule has 1 heterocycles. The summed E-state index contributed by atoms with van der Waals surface area (Å²) in [6.07, 6.45) is 0.293. The van der Waals surface area contributed by atoms with E-state index in [1.807, 2.05) is 6.92 Å². The summed E-state index contributed by atoms with van der Waals surface area (Å²) >= 11 is 5.87. The van der Waals surface area contributed by atoms with Crippen LogP contribution in [-0.4, -0.2) is 28.4 Å². The SMILES string of the molecule is CCOC(=O)C(N)Cc1c(C)nn(C)c1Oc1ccc(Cl)cc1. The standard InChI is InChI=1S/C16H20ClN3O3/c1-4-22-16(21)14(18)9-13-10(2)19-20(3)15(13)23-12-7-5-11(17)6-8-12/h5-8,14H,4,9,18H2,1-3H3. The minimum Gasteiger partial charge on any atom is -0.465 e. The number of carbonyl (C=O) groups is 1. The molecule has 0 fully saturated rings. The summed E-state index contributed by atoms with van der Waals surface area (Å²) in [6.45, 7) is 3.89. The van der Waals surface area contributed by atoms with Gasteiger partial charge < -0.3 is 15.2 Å². The molecular formula is C16H20ClN3O3. The van der Waals surface area contributed by atoms with Gasteiger partial charge in [0.1, 0.15) is 11.8 Å². The van der Waals surface area contributed by atoms with Gasteiger partial charge in [0.2, 0.25) is 5.88 Å². The average Bonchev–Trinajstić information content (AvgIpc) is 2.76. The van der Waals surface area contributed by atoms with Gasteiger partial charge in [-0.25, -0.2) is 4.68 Å². The summed E-state index contributed by atoms with van der Waals surface area (Å²) in [5.74, 6) is 0.737. The highest BCUT2D eigenvalue weighted by Gasteiger charge is 2.22. The van der Waals surface area contributed by atoms with Crippen LogP contribution in [0.1, 0.15) is 18.2 Å². The third-order valence-corrected chi connectivity index (χ3v) is 3.58. The summed E-state index contributed by atoms with van der Waals surface area (Å²) in [7, 11) is 1.78. The van der Waals surface area contributed by atoms with Crippen molar-refractivity contribution in [2.75, 3.05) is 6.61 Å². The molecule has 0 radical (unpaired) electrons. The highest BCUT2D eigenvalue weighted by Crippen LogP contribution is 2.29. The number of carbonyl (C=O) groups excluding carboxylic acids is 1. The van der Waals surface area contributed by atoms with Crippen molar-refractivity contribution < 1.29 is 14.3 Å². The summed E-state index contributed by atoms with van der Waals surface area (Å²) in [6, 6.07) is 6.25. The lowest BCUT2D eigenvalue weighted by Crippen LogP contribution is -2.34. The van der Waals surface area contributed by atoms with Crippen molar-refractivity contribution in [1.29, 1.82) is 0 Å². The van der Waals surface area contributed by atoms with Gasteiger partial charge in [-0.1, -0.05) is 11.6 Å². The van der Waals surface area contributed by atoms with E-state index in [9.17, 15) is 4.79 Å². The number of benzene rings is 1. The van der Waals surface area contributed by atoms with Gasteiger partial charge in [-0.15, -0.1) is 0 Å². The topological polar surface area (TPSA) is 79.4 Å². The molecule has 2 N–H and O–H groups in total. The van der Waals surface area contributed by atoms with Crippen LogP contribution >= 0.6 is 11.6 Å². The molecule has 1 atom stereocenters. The zero-order valence-corrected chi connectivity index (χ0v) is 14.1. The maximum atomic E-state index is 11.7. The van der Waals surface area contributed by atoms with Crippen molar-refractivity contribution in [2.45, 2.75) is 26.3 Å². The van der Waals surface area contributed by atoms with Crippen molar-refractivity contribution in [1.82, 2.24) is 9.78 Å². The predicted molar refractivity (Wildman–Crippen MR) is 87.8 cm³/mol. The fourth-order valence-electron chi connectivity index (χ4n) is 2.21. The first-order chi connectivity index (χ1) is 10.9. The summed E-state index contributed by atoms with van der Waals surface area (Å²) in [5.41, 5.74) is 7.45. The van der Waals surface area contributed by atoms with Gasteiger partial charge in [-0.05, 0) is 38.1 Å². The highest BCUT2D eigenvalue weighted by atomic mass is 35.5. The fourth-order valence-corrected chi connectivity index (χ4v) is 2.34. The number of rotatable bonds is 6. The van der Waals surface area contributed by atoms with E-state index >= 15 is 0 Å². The summed E-state index contributed by atoms with van der Waals surface area (Å²) in [4.78, 5) is 11.7. The van der Waals surface area contributed by atoms with Crippen molar-refractivity contribution in [3.8, 4) is 11.6 Å². The molecule has 0 saturated heterocycles. The van der Waals surface area contributed by atoms with Crippen molar-refractivity contribution in [3.05, 3.63) is 40.5 Å². The van der Waals surface area contributed by atoms with Crippen molar-refractivity contribution in [2.24, 2.45) is 12.8 Å². The van der Waals surface area contributed by atoms with Crippen LogP contribution in [0.3, 0.4) is 0 Å². The average molecular weight is 338 g/mol. The predicted octanol–water partition coefficient (Wildman–Crippen LogP) is 2.61. The zero-order valence-electron chi connectivity index (χ0n) is 13.4. The van der Waals surface area contributed by atoms with Crippen LogP contribution in [0, 0.1) is 6.92 Å². The molecule has 2 aromatic rings. The molecule has 0 aliphatic carbocycles. The number of hydrogen-bond acceptors (Lipinski definition) is 5. The van der Waals surface area contributed by atoms with E-state index in [1.165, 1.54) is 0 Å².